The SMILES string of the molecule is CS(=O)(=O)N[C@H](CCC1CCNCC1)C(=O)N1C[C@H](OCc2ccc(Cl)cc2)C[C@@H]1C(=O)NCc1cc(C(=N)N)cs1. The minimum Gasteiger partial charge on any atom is -0.384 e. The number of carbonyl (C=O) groups is 2. The van der Waals surface area contributed by atoms with Gasteiger partial charge < -0.3 is 26.0 Å². The Morgan fingerprint density at radius 1 is 1.26 bits per heavy atom. The van der Waals surface area contributed by atoms with Crippen molar-refractivity contribution in [2.45, 2.75) is 63.4 Å². The van der Waals surface area contributed by atoms with Gasteiger partial charge in [0, 0.05) is 33.8 Å². The molecule has 0 aliphatic carbocycles. The number of amides is 2. The lowest BCUT2D eigenvalue weighted by atomic mass is 9.91. The van der Waals surface area contributed by atoms with Gasteiger partial charge in [-0.15, -0.1) is 11.3 Å². The topological polar surface area (TPSA) is 167 Å². The van der Waals surface area contributed by atoms with Gasteiger partial charge in [-0.25, -0.2) is 13.1 Å². The molecule has 2 saturated heterocycles. The number of nitrogens with zero attached hydrogens (tertiary/aromatic N) is 1. The maximum absolute atomic E-state index is 13.9. The van der Waals surface area contributed by atoms with Gasteiger partial charge in [0.05, 0.1) is 25.5 Å². The Balaban J connectivity index is 1.48. The number of amidine groups is 1. The number of sulfonamides is 1. The average molecular weight is 639 g/mol. The molecule has 2 fully saturated rings. The zero-order valence-corrected chi connectivity index (χ0v) is 26.0. The van der Waals surface area contributed by atoms with Crippen molar-refractivity contribution in [1.82, 2.24) is 20.3 Å². The Kier molecular flexibility index (Phi) is 11.4. The molecule has 0 radical (unpaired) electrons. The lowest BCUT2D eigenvalue weighted by Gasteiger charge is -2.29. The van der Waals surface area contributed by atoms with Crippen LogP contribution in [-0.4, -0.2) is 75.0 Å². The largest absolute Gasteiger partial charge is 0.384 e. The van der Waals surface area contributed by atoms with E-state index < -0.39 is 34.1 Å². The van der Waals surface area contributed by atoms with Crippen LogP contribution < -0.4 is 21.1 Å². The molecule has 4 rings (SSSR count). The second kappa shape index (κ2) is 14.8. The third-order valence-corrected chi connectivity index (χ3v) is 9.53. The van der Waals surface area contributed by atoms with Crippen LogP contribution in [0.3, 0.4) is 0 Å². The fourth-order valence-corrected chi connectivity index (χ4v) is 7.06. The van der Waals surface area contributed by atoms with Gasteiger partial charge in [0.15, 0.2) is 0 Å². The van der Waals surface area contributed by atoms with E-state index in [2.05, 4.69) is 15.4 Å². The van der Waals surface area contributed by atoms with Gasteiger partial charge in [-0.2, -0.15) is 0 Å². The van der Waals surface area contributed by atoms with Crippen LogP contribution in [0, 0.1) is 11.3 Å². The molecule has 230 valence electrons. The predicted octanol–water partition coefficient (Wildman–Crippen LogP) is 2.19. The molecule has 0 spiro atoms. The van der Waals surface area contributed by atoms with E-state index >= 15 is 0 Å². The molecule has 2 aromatic rings. The number of ether oxygens (including phenoxy) is 1. The van der Waals surface area contributed by atoms with E-state index in [9.17, 15) is 18.0 Å². The van der Waals surface area contributed by atoms with Gasteiger partial charge >= 0.3 is 0 Å². The molecule has 42 heavy (non-hydrogen) atoms. The Labute approximate surface area is 256 Å². The summed E-state index contributed by atoms with van der Waals surface area (Å²) in [4.78, 5) is 29.7. The normalized spacial score (nSPS) is 20.4. The van der Waals surface area contributed by atoms with Crippen LogP contribution in [0.5, 0.6) is 0 Å². The molecule has 2 aliphatic heterocycles. The van der Waals surface area contributed by atoms with Crippen LogP contribution in [0.2, 0.25) is 5.02 Å². The Bertz CT molecular complexity index is 1350. The number of hydrogen-bond donors (Lipinski definition) is 5. The van der Waals surface area contributed by atoms with Crippen LogP contribution in [0.15, 0.2) is 35.7 Å². The van der Waals surface area contributed by atoms with E-state index in [1.807, 2.05) is 12.1 Å². The number of carbonyl (C=O) groups excluding carboxylic acids is 2. The quantitative estimate of drug-likeness (QED) is 0.166. The highest BCUT2D eigenvalue weighted by Crippen LogP contribution is 2.26. The number of likely N-dealkylation sites (tertiary alicyclic amines) is 1. The third-order valence-electron chi connectivity index (χ3n) is 7.63. The second-order valence-corrected chi connectivity index (χ2v) is 14.2. The van der Waals surface area contributed by atoms with E-state index in [0.717, 1.165) is 42.6 Å². The second-order valence-electron chi connectivity index (χ2n) is 10.9. The van der Waals surface area contributed by atoms with Crippen LogP contribution in [0.1, 0.15) is 48.1 Å². The zero-order chi connectivity index (χ0) is 30.3. The van der Waals surface area contributed by atoms with Crippen molar-refractivity contribution >= 4 is 50.6 Å². The smallest absolute Gasteiger partial charge is 0.243 e. The first-order valence-corrected chi connectivity index (χ1v) is 17.2. The lowest BCUT2D eigenvalue weighted by molar-refractivity contribution is -0.140. The molecule has 3 atom stereocenters. The molecule has 0 unspecified atom stereocenters. The van der Waals surface area contributed by atoms with Crippen molar-refractivity contribution in [1.29, 1.82) is 5.41 Å². The molecule has 1 aromatic heterocycles. The van der Waals surface area contributed by atoms with Gasteiger partial charge in [-0.3, -0.25) is 15.0 Å². The van der Waals surface area contributed by atoms with Crippen molar-refractivity contribution in [3.8, 4) is 0 Å². The van der Waals surface area contributed by atoms with Gasteiger partial charge in [0.2, 0.25) is 21.8 Å². The Morgan fingerprint density at radius 2 is 1.98 bits per heavy atom. The summed E-state index contributed by atoms with van der Waals surface area (Å²) in [6.45, 7) is 2.46. The van der Waals surface area contributed by atoms with Crippen molar-refractivity contribution in [3.05, 3.63) is 56.7 Å². The van der Waals surface area contributed by atoms with Crippen molar-refractivity contribution in [3.63, 3.8) is 0 Å². The van der Waals surface area contributed by atoms with Crippen molar-refractivity contribution < 1.29 is 22.7 Å². The number of nitrogens with one attached hydrogen (secondary N) is 4. The van der Waals surface area contributed by atoms with Crippen LogP contribution in [0.25, 0.3) is 0 Å². The molecule has 2 aliphatic rings. The fraction of sp³-hybridized carbons (Fsp3) is 0.536. The fourth-order valence-electron chi connectivity index (χ4n) is 5.38. The number of thiophene rings is 1. The van der Waals surface area contributed by atoms with E-state index in [1.54, 1.807) is 23.6 Å². The highest BCUT2D eigenvalue weighted by atomic mass is 35.5. The summed E-state index contributed by atoms with van der Waals surface area (Å²) in [7, 11) is -3.68. The van der Waals surface area contributed by atoms with Gasteiger partial charge in [0.25, 0.3) is 0 Å². The molecule has 0 saturated carbocycles. The summed E-state index contributed by atoms with van der Waals surface area (Å²) < 4.78 is 33.2. The summed E-state index contributed by atoms with van der Waals surface area (Å²) in [5, 5.41) is 16.2. The van der Waals surface area contributed by atoms with Crippen LogP contribution in [0.4, 0.5) is 0 Å². The Hall–Kier alpha value is -2.55. The number of nitrogens with two attached hydrogens (primary N) is 1. The predicted molar refractivity (Wildman–Crippen MR) is 164 cm³/mol. The third kappa shape index (κ3) is 9.48. The summed E-state index contributed by atoms with van der Waals surface area (Å²) in [6, 6.07) is 7.19. The maximum Gasteiger partial charge on any atom is 0.243 e. The standard InChI is InChI=1S/C28H39ClN6O5S2/c1-42(38,39)34-24(7-4-18-8-10-32-11-9-18)28(37)35-15-22(40-16-19-2-5-21(29)6-3-19)13-25(35)27(36)33-14-23-12-20(17-41-23)26(30)31/h2-3,5-6,12,17-18,22,24-25,32,34H,4,7-11,13-16H2,1H3,(H3,30,31)(H,33,36)/t22-,24-,25-/m1/s1. The van der Waals surface area contributed by atoms with E-state index in [-0.39, 0.29) is 37.9 Å². The molecule has 1 aromatic carbocycles. The molecule has 3 heterocycles. The van der Waals surface area contributed by atoms with Crippen molar-refractivity contribution in [2.75, 3.05) is 25.9 Å². The average Bonchev–Trinajstić information content (AvgIpc) is 3.61. The molecule has 14 heteroatoms. The maximum atomic E-state index is 13.9. The van der Waals surface area contributed by atoms with E-state index in [1.165, 1.54) is 16.2 Å². The first-order valence-electron chi connectivity index (χ1n) is 14.0. The highest BCUT2D eigenvalue weighted by Gasteiger charge is 2.42. The van der Waals surface area contributed by atoms with Gasteiger partial charge in [0.1, 0.15) is 17.9 Å². The van der Waals surface area contributed by atoms with E-state index in [4.69, 9.17) is 27.5 Å². The number of halogens is 1. The number of benzene rings is 1. The number of piperidine rings is 1. The molecule has 6 N–H and O–H groups in total. The molecular weight excluding hydrogens is 600 g/mol. The molecule has 2 amide bonds. The first-order chi connectivity index (χ1) is 20.0. The first kappa shape index (κ1) is 32.4. The molecule has 0 bridgehead atoms. The minimum atomic E-state index is -3.68. The summed E-state index contributed by atoms with van der Waals surface area (Å²) >= 11 is 7.37. The molecular formula is C28H39ClN6O5S2. The number of nitrogen functional groups attached to an aromatic ring is 1. The van der Waals surface area contributed by atoms with E-state index in [0.29, 0.717) is 29.3 Å². The summed E-state index contributed by atoms with van der Waals surface area (Å²) in [5.41, 5.74) is 7.05. The Morgan fingerprint density at radius 3 is 2.62 bits per heavy atom. The van der Waals surface area contributed by atoms with Gasteiger partial charge in [-0.1, -0.05) is 23.7 Å². The summed E-state index contributed by atoms with van der Waals surface area (Å²) in [5.74, 6) is -0.426. The van der Waals surface area contributed by atoms with Crippen LogP contribution >= 0.6 is 22.9 Å². The molecule has 11 nitrogen and oxygen atoms in total. The minimum absolute atomic E-state index is 0.0500. The number of hydrogen-bond acceptors (Lipinski definition) is 8. The zero-order valence-electron chi connectivity index (χ0n) is 23.6. The summed E-state index contributed by atoms with van der Waals surface area (Å²) in [6.07, 6.45) is 3.90. The van der Waals surface area contributed by atoms with Crippen molar-refractivity contribution in [2.24, 2.45) is 11.7 Å². The van der Waals surface area contributed by atoms with Crippen LogP contribution in [-0.2, 0) is 37.5 Å². The number of rotatable bonds is 13. The monoisotopic (exact) mass is 638 g/mol. The highest BCUT2D eigenvalue weighted by molar-refractivity contribution is 7.88. The lowest BCUT2D eigenvalue weighted by Crippen LogP contribution is -2.53. The van der Waals surface area contributed by atoms with Gasteiger partial charge in [-0.05, 0) is 68.5 Å².